The summed E-state index contributed by atoms with van der Waals surface area (Å²) in [6.07, 6.45) is 1.75. The van der Waals surface area contributed by atoms with Crippen LogP contribution in [0.15, 0.2) is 96.8 Å². The second-order valence-corrected chi connectivity index (χ2v) is 11.1. The van der Waals surface area contributed by atoms with E-state index >= 15 is 0 Å². The van der Waals surface area contributed by atoms with E-state index in [1.54, 1.807) is 11.0 Å². The smallest absolute Gasteiger partial charge is 0.294 e. The van der Waals surface area contributed by atoms with Crippen LogP contribution in [0.1, 0.15) is 38.2 Å². The highest BCUT2D eigenvalue weighted by Gasteiger charge is 2.30. The van der Waals surface area contributed by atoms with Crippen molar-refractivity contribution < 1.29 is 14.3 Å². The van der Waals surface area contributed by atoms with Crippen molar-refractivity contribution in [1.82, 2.24) is 4.90 Å². The van der Waals surface area contributed by atoms with E-state index in [0.717, 1.165) is 35.5 Å². The van der Waals surface area contributed by atoms with E-state index in [4.69, 9.17) is 4.74 Å². The van der Waals surface area contributed by atoms with E-state index in [2.05, 4.69) is 43.0 Å². The fourth-order valence-electron chi connectivity index (χ4n) is 5.70. The summed E-state index contributed by atoms with van der Waals surface area (Å²) in [6.45, 7) is 9.75. The molecule has 212 valence electrons. The Morgan fingerprint density at radius 1 is 0.810 bits per heavy atom. The van der Waals surface area contributed by atoms with Crippen molar-refractivity contribution in [1.29, 1.82) is 0 Å². The average molecular weight is 558 g/mol. The third kappa shape index (κ3) is 5.53. The Labute approximate surface area is 247 Å². The van der Waals surface area contributed by atoms with Gasteiger partial charge in [-0.3, -0.25) is 14.5 Å². The van der Waals surface area contributed by atoms with Gasteiger partial charge in [0.25, 0.3) is 11.8 Å². The van der Waals surface area contributed by atoms with Crippen molar-refractivity contribution >= 4 is 29.3 Å². The van der Waals surface area contributed by atoms with E-state index in [1.165, 1.54) is 16.8 Å². The van der Waals surface area contributed by atoms with Gasteiger partial charge in [-0.2, -0.15) is 0 Å². The second kappa shape index (κ2) is 11.6. The summed E-state index contributed by atoms with van der Waals surface area (Å²) in [5.74, 6) is 0.723. The van der Waals surface area contributed by atoms with Gasteiger partial charge in [0.05, 0.1) is 12.2 Å². The number of anilines is 2. The van der Waals surface area contributed by atoms with E-state index in [0.29, 0.717) is 30.9 Å². The summed E-state index contributed by atoms with van der Waals surface area (Å²) in [5.41, 5.74) is 8.21. The molecule has 0 spiro atoms. The molecule has 2 aliphatic heterocycles. The number of para-hydroxylation sites is 2. The molecule has 1 saturated heterocycles. The predicted octanol–water partition coefficient (Wildman–Crippen LogP) is 6.54. The molecule has 0 bridgehead atoms. The maximum Gasteiger partial charge on any atom is 0.294 e. The van der Waals surface area contributed by atoms with Gasteiger partial charge in [-0.15, -0.1) is 0 Å². The van der Waals surface area contributed by atoms with E-state index in [1.807, 2.05) is 78.6 Å². The van der Waals surface area contributed by atoms with Gasteiger partial charge in [-0.05, 0) is 79.4 Å². The number of piperazine rings is 1. The summed E-state index contributed by atoms with van der Waals surface area (Å²) in [5, 5.41) is 0. The molecule has 4 aromatic rings. The van der Waals surface area contributed by atoms with Crippen molar-refractivity contribution in [2.75, 3.05) is 36.0 Å². The van der Waals surface area contributed by atoms with Crippen molar-refractivity contribution in [2.24, 2.45) is 0 Å². The van der Waals surface area contributed by atoms with Crippen molar-refractivity contribution in [3.8, 4) is 5.75 Å². The third-order valence-corrected chi connectivity index (χ3v) is 8.19. The summed E-state index contributed by atoms with van der Waals surface area (Å²) >= 11 is 0. The predicted molar refractivity (Wildman–Crippen MR) is 168 cm³/mol. The number of carbonyl (C=O) groups excluding carboxylic acids is 2. The summed E-state index contributed by atoms with van der Waals surface area (Å²) in [6, 6.07) is 29.6. The van der Waals surface area contributed by atoms with Gasteiger partial charge in [-0.25, -0.2) is 0 Å². The Kier molecular flexibility index (Phi) is 7.53. The first-order valence-corrected chi connectivity index (χ1v) is 14.4. The van der Waals surface area contributed by atoms with Crippen LogP contribution in [-0.4, -0.2) is 42.9 Å². The van der Waals surface area contributed by atoms with Crippen molar-refractivity contribution in [2.45, 2.75) is 27.3 Å². The average Bonchev–Trinajstić information content (AvgIpc) is 3.01. The largest absolute Gasteiger partial charge is 0.449 e. The Balaban J connectivity index is 1.16. The number of rotatable bonds is 5. The van der Waals surface area contributed by atoms with Gasteiger partial charge in [0.15, 0.2) is 11.5 Å². The quantitative estimate of drug-likeness (QED) is 0.262. The van der Waals surface area contributed by atoms with E-state index in [9.17, 15) is 9.59 Å². The van der Waals surface area contributed by atoms with Crippen LogP contribution in [0.4, 0.5) is 11.4 Å². The number of hydrogen-bond donors (Lipinski definition) is 0. The lowest BCUT2D eigenvalue weighted by atomic mass is 10.1. The van der Waals surface area contributed by atoms with Crippen LogP contribution in [0.25, 0.3) is 6.08 Å². The lowest BCUT2D eigenvalue weighted by molar-refractivity contribution is -0.117. The lowest BCUT2D eigenvalue weighted by Gasteiger charge is -2.37. The molecule has 0 radical (unpaired) electrons. The van der Waals surface area contributed by atoms with Crippen LogP contribution < -0.4 is 14.5 Å². The van der Waals surface area contributed by atoms with Gasteiger partial charge in [0, 0.05) is 37.4 Å². The molecule has 42 heavy (non-hydrogen) atoms. The summed E-state index contributed by atoms with van der Waals surface area (Å²) in [7, 11) is 0. The Morgan fingerprint density at radius 3 is 2.29 bits per heavy atom. The first-order chi connectivity index (χ1) is 20.4. The number of nitrogens with zero attached hydrogens (tertiary/aromatic N) is 3. The van der Waals surface area contributed by atoms with Gasteiger partial charge in [0.2, 0.25) is 0 Å². The topological polar surface area (TPSA) is 53.1 Å². The number of carbonyl (C=O) groups is 2. The molecule has 2 aliphatic rings. The standard InChI is InChI=1S/C36H35N3O3/c1-25-8-6-10-29(22-25)24-39-32-11-4-5-13-33(32)42-34(36(39)41)23-28-14-16-30(17-15-28)35(40)38-20-18-37(19-21-38)31-12-7-9-26(2)27(31)3/h4-17,22-23H,18-21,24H2,1-3H3. The van der Waals surface area contributed by atoms with Crippen LogP contribution in [0, 0.1) is 20.8 Å². The second-order valence-electron chi connectivity index (χ2n) is 11.1. The van der Waals surface area contributed by atoms with Gasteiger partial charge < -0.3 is 14.5 Å². The molecule has 0 aromatic heterocycles. The van der Waals surface area contributed by atoms with Crippen LogP contribution >= 0.6 is 0 Å². The molecule has 4 aromatic carbocycles. The van der Waals surface area contributed by atoms with Gasteiger partial charge >= 0.3 is 0 Å². The summed E-state index contributed by atoms with van der Waals surface area (Å²) in [4.78, 5) is 32.9. The minimum absolute atomic E-state index is 0.0260. The minimum atomic E-state index is -0.197. The molecule has 0 unspecified atom stereocenters. The minimum Gasteiger partial charge on any atom is -0.449 e. The Hall–Kier alpha value is -4.84. The first kappa shape index (κ1) is 27.3. The molecule has 1 fully saturated rings. The first-order valence-electron chi connectivity index (χ1n) is 14.4. The number of benzene rings is 4. The highest BCUT2D eigenvalue weighted by Crippen LogP contribution is 2.36. The molecule has 0 saturated carbocycles. The molecule has 2 amide bonds. The van der Waals surface area contributed by atoms with Crippen molar-refractivity contribution in [3.63, 3.8) is 0 Å². The number of ether oxygens (including phenoxy) is 1. The van der Waals surface area contributed by atoms with Crippen molar-refractivity contribution in [3.05, 3.63) is 130 Å². The van der Waals surface area contributed by atoms with Crippen LogP contribution in [0.2, 0.25) is 0 Å². The highest BCUT2D eigenvalue weighted by atomic mass is 16.5. The molecule has 6 nitrogen and oxygen atoms in total. The number of amides is 2. The van der Waals surface area contributed by atoms with E-state index < -0.39 is 0 Å². The number of hydrogen-bond acceptors (Lipinski definition) is 4. The maximum atomic E-state index is 13.6. The van der Waals surface area contributed by atoms with Crippen LogP contribution in [0.3, 0.4) is 0 Å². The normalized spacial score (nSPS) is 15.9. The SMILES string of the molecule is Cc1cccc(CN2C(=O)C(=Cc3ccc(C(=O)N4CCN(c5cccc(C)c5C)CC4)cc3)Oc3ccccc32)c1. The summed E-state index contributed by atoms with van der Waals surface area (Å²) < 4.78 is 6.06. The Bertz CT molecular complexity index is 1670. The molecule has 0 atom stereocenters. The molecule has 6 heteroatoms. The fourth-order valence-corrected chi connectivity index (χ4v) is 5.70. The zero-order valence-corrected chi connectivity index (χ0v) is 24.3. The molecule has 0 aliphatic carbocycles. The van der Waals surface area contributed by atoms with Crippen LogP contribution in [0.5, 0.6) is 5.75 Å². The molecule has 0 N–H and O–H groups in total. The number of fused-ring (bicyclic) bond motifs is 1. The maximum absolute atomic E-state index is 13.6. The van der Waals surface area contributed by atoms with Crippen LogP contribution in [-0.2, 0) is 11.3 Å². The zero-order chi connectivity index (χ0) is 29.2. The van der Waals surface area contributed by atoms with E-state index in [-0.39, 0.29) is 17.6 Å². The highest BCUT2D eigenvalue weighted by molar-refractivity contribution is 6.09. The lowest BCUT2D eigenvalue weighted by Crippen LogP contribution is -2.49. The van der Waals surface area contributed by atoms with Gasteiger partial charge in [0.1, 0.15) is 0 Å². The molecular formula is C36H35N3O3. The Morgan fingerprint density at radius 2 is 1.52 bits per heavy atom. The third-order valence-electron chi connectivity index (χ3n) is 8.19. The fraction of sp³-hybridized carbons (Fsp3) is 0.222. The molecule has 2 heterocycles. The number of aryl methyl sites for hydroxylation is 2. The molecule has 6 rings (SSSR count). The monoisotopic (exact) mass is 557 g/mol. The zero-order valence-electron chi connectivity index (χ0n) is 24.3. The van der Waals surface area contributed by atoms with Gasteiger partial charge in [-0.1, -0.05) is 66.2 Å². The molecular weight excluding hydrogens is 522 g/mol.